The molecule has 1 aromatic carbocycles. The summed E-state index contributed by atoms with van der Waals surface area (Å²) in [6.45, 7) is 13.9. The van der Waals surface area contributed by atoms with Gasteiger partial charge in [-0.15, -0.1) is 11.4 Å². The van der Waals surface area contributed by atoms with Crippen molar-refractivity contribution in [2.45, 2.75) is 234 Å². The van der Waals surface area contributed by atoms with E-state index in [2.05, 4.69) is 90.1 Å². The molecule has 2 aromatic rings. The Morgan fingerprint density at radius 3 is 1.09 bits per heavy atom. The minimum absolute atomic E-state index is 0. The summed E-state index contributed by atoms with van der Waals surface area (Å²) >= 11 is 0. The van der Waals surface area contributed by atoms with Gasteiger partial charge >= 0.3 is 19.5 Å². The van der Waals surface area contributed by atoms with E-state index in [1.54, 1.807) is 0 Å². The van der Waals surface area contributed by atoms with Crippen molar-refractivity contribution in [3.8, 4) is 0 Å². The van der Waals surface area contributed by atoms with Crippen molar-refractivity contribution in [2.24, 2.45) is 32.7 Å². The first-order chi connectivity index (χ1) is 35.9. The molecule has 0 radical (unpaired) electrons. The normalized spacial score (nSPS) is 15.2. The Morgan fingerprint density at radius 1 is 0.419 bits per heavy atom. The number of allylic oxidation sites excluding steroid dienone is 9. The summed E-state index contributed by atoms with van der Waals surface area (Å²) < 4.78 is 5.14. The molecule has 0 aliphatic carbocycles. The van der Waals surface area contributed by atoms with Crippen molar-refractivity contribution < 1.29 is 29.3 Å². The van der Waals surface area contributed by atoms with Gasteiger partial charge in [-0.05, 0) is 121 Å². The summed E-state index contributed by atoms with van der Waals surface area (Å²) in [7, 11) is 1.44. The summed E-state index contributed by atoms with van der Waals surface area (Å²) in [6.07, 6.45) is 50.3. The third-order valence-corrected chi connectivity index (χ3v) is 16.0. The monoisotopic (exact) mass is 1050 g/mol. The number of ether oxygens (including phenoxy) is 1. The quantitative estimate of drug-likeness (QED) is 0.0517. The number of aliphatic imine (C=N–C) groups is 3. The molecule has 1 aromatic heterocycles. The second-order valence-corrected chi connectivity index (χ2v) is 21.7. The molecule has 6 nitrogen and oxygen atoms in total. The van der Waals surface area contributed by atoms with E-state index in [-0.39, 0.29) is 25.4 Å². The molecule has 7 heteroatoms. The summed E-state index contributed by atoms with van der Waals surface area (Å²) in [6, 6.07) is 12.5. The zero-order chi connectivity index (χ0) is 51.6. The molecule has 398 valence electrons. The Kier molecular flexibility index (Phi) is 27.8. The standard InChI is InChI=1S/C67H97N4O2.Zn/c1-8-14-20-26-32-50(33-27-21-15-9-2)63-55-42-44-57(68-55)64(51(34-28-22-16-10-3)35-29-23-17-11-4)59-46-48-61(70-59)66(53-38-40-54(41-39-53)67(72)73-7)62-49-47-60(71-62)65(58-45-43-56(63)69-58)52(36-30-24-18-12-5)37-31-25-19-13-6;/h38-52H,8-37H2,1-7H3,(H-,68,69,70,71,72);/q-1;+2/p-1. The van der Waals surface area contributed by atoms with Crippen molar-refractivity contribution >= 4 is 39.8 Å². The van der Waals surface area contributed by atoms with E-state index < -0.39 is 0 Å². The maximum Gasteiger partial charge on any atom is 2.00 e. The number of nitrogens with zero attached hydrogens (tertiary/aromatic N) is 4. The molecular weight excluding hydrogens is 958 g/mol. The van der Waals surface area contributed by atoms with E-state index >= 15 is 0 Å². The fourth-order valence-corrected chi connectivity index (χ4v) is 11.8. The number of hydrogen-bond donors (Lipinski definition) is 0. The van der Waals surface area contributed by atoms with E-state index in [0.29, 0.717) is 23.0 Å². The SMILES string of the molecule is CCCCCCC(CCCCCC)C1=C2C=CC(=N2)C(=c2ccc(=C([O-])OC)cc2)C2=NC(=C(C(CCCCCC)CCCCCC)c3ccc([n-]3)C(C(CCCCCC)CCCCCC)=C3C=CC1=N3)C=C2.[Zn+2]. The summed E-state index contributed by atoms with van der Waals surface area (Å²) in [5.41, 5.74) is 13.1. The molecule has 0 spiro atoms. The van der Waals surface area contributed by atoms with Crippen molar-refractivity contribution in [2.75, 3.05) is 7.11 Å². The van der Waals surface area contributed by atoms with Crippen molar-refractivity contribution in [1.29, 1.82) is 0 Å². The van der Waals surface area contributed by atoms with Crippen LogP contribution in [0.25, 0.3) is 22.7 Å². The van der Waals surface area contributed by atoms with E-state index in [9.17, 15) is 5.11 Å². The average molecular weight is 1050 g/mol. The maximum absolute atomic E-state index is 12.7. The average Bonchev–Trinajstić information content (AvgIpc) is 4.27. The van der Waals surface area contributed by atoms with Crippen LogP contribution >= 0.6 is 0 Å². The molecule has 0 atom stereocenters. The van der Waals surface area contributed by atoms with Gasteiger partial charge in [0.1, 0.15) is 0 Å². The molecule has 0 fully saturated rings. The molecule has 4 aliphatic heterocycles. The van der Waals surface area contributed by atoms with E-state index in [4.69, 9.17) is 24.7 Å². The first-order valence-electron chi connectivity index (χ1n) is 30.1. The predicted octanol–water partition coefficient (Wildman–Crippen LogP) is 17.0. The van der Waals surface area contributed by atoms with Gasteiger partial charge in [-0.25, -0.2) is 15.0 Å². The van der Waals surface area contributed by atoms with Crippen molar-refractivity contribution in [3.05, 3.63) is 117 Å². The number of benzene rings is 1. The molecule has 0 amide bonds. The van der Waals surface area contributed by atoms with Crippen LogP contribution in [0.4, 0.5) is 0 Å². The molecule has 74 heavy (non-hydrogen) atoms. The second-order valence-electron chi connectivity index (χ2n) is 21.7. The van der Waals surface area contributed by atoms with E-state index in [0.717, 1.165) is 94.9 Å². The topological polar surface area (TPSA) is 83.5 Å². The van der Waals surface area contributed by atoms with Gasteiger partial charge in [0.05, 0.1) is 40.2 Å². The summed E-state index contributed by atoms with van der Waals surface area (Å²) in [5, 5.41) is 14.2. The van der Waals surface area contributed by atoms with Crippen LogP contribution in [-0.2, 0) is 24.2 Å². The van der Waals surface area contributed by atoms with Gasteiger partial charge in [-0.3, -0.25) is 0 Å². The van der Waals surface area contributed by atoms with Crippen LogP contribution in [-0.4, -0.2) is 24.2 Å². The largest absolute Gasteiger partial charge is 2.00 e. The van der Waals surface area contributed by atoms with Crippen LogP contribution in [0.1, 0.15) is 246 Å². The third-order valence-electron chi connectivity index (χ3n) is 16.0. The van der Waals surface area contributed by atoms with Crippen LogP contribution in [0.5, 0.6) is 0 Å². The number of hydrogen-bond acceptors (Lipinski definition) is 5. The number of unbranched alkanes of at least 4 members (excludes halogenated alkanes) is 18. The van der Waals surface area contributed by atoms with Gasteiger partial charge in [0.25, 0.3) is 0 Å². The van der Waals surface area contributed by atoms with Crippen LogP contribution in [0.3, 0.4) is 0 Å². The Morgan fingerprint density at radius 2 is 0.743 bits per heavy atom. The Hall–Kier alpha value is -4.09. The van der Waals surface area contributed by atoms with Gasteiger partial charge in [-0.2, -0.15) is 0 Å². The number of rotatable bonds is 34. The Labute approximate surface area is 462 Å². The van der Waals surface area contributed by atoms with E-state index in [1.807, 2.05) is 24.3 Å². The van der Waals surface area contributed by atoms with Crippen LogP contribution in [0.2, 0.25) is 0 Å². The first-order valence-corrected chi connectivity index (χ1v) is 30.1. The van der Waals surface area contributed by atoms with Crippen LogP contribution < -0.4 is 20.5 Å². The maximum atomic E-state index is 12.7. The molecule has 8 bridgehead atoms. The molecule has 4 aliphatic rings. The molecule has 0 saturated carbocycles. The van der Waals surface area contributed by atoms with Gasteiger partial charge in [0.2, 0.25) is 0 Å². The first kappa shape index (κ1) is 60.8. The minimum Gasteiger partial charge on any atom is -0.657 e. The fourth-order valence-electron chi connectivity index (χ4n) is 11.8. The van der Waals surface area contributed by atoms with Gasteiger partial charge in [0.15, 0.2) is 0 Å². The van der Waals surface area contributed by atoms with Gasteiger partial charge in [-0.1, -0.05) is 232 Å². The van der Waals surface area contributed by atoms with Crippen molar-refractivity contribution in [3.63, 3.8) is 0 Å². The van der Waals surface area contributed by atoms with Gasteiger partial charge in [0, 0.05) is 11.1 Å². The number of methoxy groups -OCH3 is 1. The van der Waals surface area contributed by atoms with Gasteiger partial charge < -0.3 is 14.8 Å². The summed E-state index contributed by atoms with van der Waals surface area (Å²) in [5.74, 6) is 0.697. The Bertz CT molecular complexity index is 2410. The molecular formula is C67H96N4O2Zn. The van der Waals surface area contributed by atoms with Crippen LogP contribution in [0, 0.1) is 17.8 Å². The van der Waals surface area contributed by atoms with E-state index in [1.165, 1.54) is 178 Å². The predicted molar refractivity (Wildman–Crippen MR) is 313 cm³/mol. The molecule has 0 unspecified atom stereocenters. The molecule has 6 rings (SSSR count). The fraction of sp³-hybridized carbons (Fsp3) is 0.597. The Balaban J connectivity index is 0.0000101. The minimum atomic E-state index is -0.342. The second kappa shape index (κ2) is 33.8. The molecule has 5 heterocycles. The smallest absolute Gasteiger partial charge is 0.657 e. The summed E-state index contributed by atoms with van der Waals surface area (Å²) in [4.78, 5) is 23.1. The molecule has 0 saturated heterocycles. The third kappa shape index (κ3) is 17.5. The number of fused-ring (bicyclic) bond motifs is 5. The zero-order valence-corrected chi connectivity index (χ0v) is 50.7. The molecule has 0 N–H and O–H groups in total. The van der Waals surface area contributed by atoms with Crippen molar-refractivity contribution in [1.82, 2.24) is 4.98 Å². The zero-order valence-electron chi connectivity index (χ0n) is 47.7. The van der Waals surface area contributed by atoms with Crippen LogP contribution in [0.15, 0.2) is 110 Å². The number of aromatic nitrogens is 1.